The zero-order valence-electron chi connectivity index (χ0n) is 13.8. The van der Waals surface area contributed by atoms with E-state index in [0.717, 1.165) is 62.9 Å². The SMILES string of the molecule is O=C(C1CC1)N1CCC2(CC1)Nc1ccccc1C(=O)N2C1CC1. The fourth-order valence-electron chi connectivity index (χ4n) is 4.31. The summed E-state index contributed by atoms with van der Waals surface area (Å²) in [6.45, 7) is 1.50. The highest BCUT2D eigenvalue weighted by atomic mass is 16.2. The number of amides is 2. The molecule has 1 aromatic rings. The van der Waals surface area contributed by atoms with Gasteiger partial charge in [0.2, 0.25) is 5.91 Å². The molecule has 2 aliphatic heterocycles. The molecule has 0 atom stereocenters. The molecule has 1 saturated heterocycles. The Morgan fingerprint density at radius 3 is 2.46 bits per heavy atom. The van der Waals surface area contributed by atoms with Gasteiger partial charge in [0.05, 0.1) is 5.56 Å². The molecule has 0 radical (unpaired) electrons. The second-order valence-electron chi connectivity index (χ2n) is 7.71. The monoisotopic (exact) mass is 325 g/mol. The van der Waals surface area contributed by atoms with Crippen LogP contribution < -0.4 is 5.32 Å². The molecule has 126 valence electrons. The van der Waals surface area contributed by atoms with Crippen molar-refractivity contribution < 1.29 is 9.59 Å². The van der Waals surface area contributed by atoms with E-state index in [4.69, 9.17) is 0 Å². The van der Waals surface area contributed by atoms with E-state index in [0.29, 0.717) is 11.9 Å². The summed E-state index contributed by atoms with van der Waals surface area (Å²) in [6.07, 6.45) is 5.95. The smallest absolute Gasteiger partial charge is 0.258 e. The Kier molecular flexibility index (Phi) is 2.97. The van der Waals surface area contributed by atoms with Crippen LogP contribution in [-0.2, 0) is 4.79 Å². The predicted octanol–water partition coefficient (Wildman–Crippen LogP) is 2.45. The van der Waals surface area contributed by atoms with E-state index in [-0.39, 0.29) is 17.5 Å². The number of hydrogen-bond acceptors (Lipinski definition) is 3. The molecule has 3 fully saturated rings. The van der Waals surface area contributed by atoms with E-state index in [1.807, 2.05) is 29.2 Å². The molecular weight excluding hydrogens is 302 g/mol. The Morgan fingerprint density at radius 1 is 1.08 bits per heavy atom. The van der Waals surface area contributed by atoms with Gasteiger partial charge in [0.1, 0.15) is 5.66 Å². The average Bonchev–Trinajstić information content (AvgIpc) is 3.47. The second kappa shape index (κ2) is 4.98. The molecule has 0 aromatic heterocycles. The summed E-state index contributed by atoms with van der Waals surface area (Å²) in [5.41, 5.74) is 1.42. The number of nitrogens with one attached hydrogen (secondary N) is 1. The number of rotatable bonds is 2. The average molecular weight is 325 g/mol. The van der Waals surface area contributed by atoms with Crippen LogP contribution in [0.4, 0.5) is 5.69 Å². The molecule has 0 unspecified atom stereocenters. The highest BCUT2D eigenvalue weighted by molar-refractivity contribution is 6.02. The van der Waals surface area contributed by atoms with Gasteiger partial charge in [0.25, 0.3) is 5.91 Å². The molecule has 1 N–H and O–H groups in total. The number of anilines is 1. The first kappa shape index (κ1) is 14.3. The van der Waals surface area contributed by atoms with Crippen molar-refractivity contribution in [3.63, 3.8) is 0 Å². The van der Waals surface area contributed by atoms with Crippen LogP contribution in [0.15, 0.2) is 24.3 Å². The molecule has 24 heavy (non-hydrogen) atoms. The van der Waals surface area contributed by atoms with Crippen LogP contribution in [-0.4, -0.2) is 46.4 Å². The van der Waals surface area contributed by atoms with Crippen molar-refractivity contribution in [2.45, 2.75) is 50.2 Å². The van der Waals surface area contributed by atoms with E-state index in [1.54, 1.807) is 0 Å². The van der Waals surface area contributed by atoms with Gasteiger partial charge in [-0.1, -0.05) is 12.1 Å². The summed E-state index contributed by atoms with van der Waals surface area (Å²) in [7, 11) is 0. The Balaban J connectivity index is 1.44. The maximum Gasteiger partial charge on any atom is 0.258 e. The third-order valence-electron chi connectivity index (χ3n) is 5.95. The van der Waals surface area contributed by atoms with Crippen LogP contribution >= 0.6 is 0 Å². The minimum absolute atomic E-state index is 0.161. The Bertz CT molecular complexity index is 700. The summed E-state index contributed by atoms with van der Waals surface area (Å²) in [5.74, 6) is 0.763. The number of para-hydroxylation sites is 1. The number of piperidine rings is 1. The summed E-state index contributed by atoms with van der Waals surface area (Å²) >= 11 is 0. The van der Waals surface area contributed by atoms with Crippen LogP contribution in [0.25, 0.3) is 0 Å². The van der Waals surface area contributed by atoms with Crippen molar-refractivity contribution in [3.8, 4) is 0 Å². The number of carbonyl (C=O) groups excluding carboxylic acids is 2. The number of hydrogen-bond donors (Lipinski definition) is 1. The number of fused-ring (bicyclic) bond motifs is 1. The van der Waals surface area contributed by atoms with E-state index in [9.17, 15) is 9.59 Å². The molecule has 2 amide bonds. The number of benzene rings is 1. The van der Waals surface area contributed by atoms with Gasteiger partial charge in [-0.3, -0.25) is 9.59 Å². The van der Waals surface area contributed by atoms with Gasteiger partial charge >= 0.3 is 0 Å². The lowest BCUT2D eigenvalue weighted by molar-refractivity contribution is -0.134. The zero-order chi connectivity index (χ0) is 16.3. The van der Waals surface area contributed by atoms with Crippen molar-refractivity contribution in [2.75, 3.05) is 18.4 Å². The highest BCUT2D eigenvalue weighted by Crippen LogP contribution is 2.44. The molecule has 4 aliphatic rings. The lowest BCUT2D eigenvalue weighted by Gasteiger charge is -2.52. The fourth-order valence-corrected chi connectivity index (χ4v) is 4.31. The molecule has 2 saturated carbocycles. The third-order valence-corrected chi connectivity index (χ3v) is 5.95. The Labute approximate surface area is 142 Å². The van der Waals surface area contributed by atoms with E-state index < -0.39 is 0 Å². The summed E-state index contributed by atoms with van der Waals surface area (Å²) in [4.78, 5) is 29.6. The first-order valence-electron chi connectivity index (χ1n) is 9.18. The summed E-state index contributed by atoms with van der Waals surface area (Å²) < 4.78 is 0. The normalized spacial score (nSPS) is 25.4. The van der Waals surface area contributed by atoms with Crippen molar-refractivity contribution in [1.29, 1.82) is 0 Å². The number of carbonyl (C=O) groups is 2. The standard InChI is InChI=1S/C19H23N3O2/c23-17(13-5-6-13)21-11-9-19(10-12-21)20-16-4-2-1-3-15(16)18(24)22(19)14-7-8-14/h1-4,13-14,20H,5-12H2. The summed E-state index contributed by atoms with van der Waals surface area (Å²) in [6, 6.07) is 8.19. The van der Waals surface area contributed by atoms with Gasteiger partial charge in [0.15, 0.2) is 0 Å². The molecule has 2 heterocycles. The van der Waals surface area contributed by atoms with Crippen molar-refractivity contribution >= 4 is 17.5 Å². The van der Waals surface area contributed by atoms with Crippen LogP contribution in [0.5, 0.6) is 0 Å². The topological polar surface area (TPSA) is 52.7 Å². The van der Waals surface area contributed by atoms with Crippen LogP contribution in [0.1, 0.15) is 48.9 Å². The predicted molar refractivity (Wildman–Crippen MR) is 90.5 cm³/mol. The third kappa shape index (κ3) is 2.14. The number of likely N-dealkylation sites (tertiary alicyclic amines) is 1. The first-order chi connectivity index (χ1) is 11.7. The zero-order valence-corrected chi connectivity index (χ0v) is 13.8. The molecule has 5 nitrogen and oxygen atoms in total. The van der Waals surface area contributed by atoms with E-state index >= 15 is 0 Å². The van der Waals surface area contributed by atoms with Crippen LogP contribution in [0.2, 0.25) is 0 Å². The minimum Gasteiger partial charge on any atom is -0.362 e. The molecule has 0 bridgehead atoms. The van der Waals surface area contributed by atoms with Crippen molar-refractivity contribution in [1.82, 2.24) is 9.80 Å². The molecule has 2 aliphatic carbocycles. The molecule has 1 spiro atoms. The van der Waals surface area contributed by atoms with Crippen molar-refractivity contribution in [3.05, 3.63) is 29.8 Å². The second-order valence-corrected chi connectivity index (χ2v) is 7.71. The molecule has 1 aromatic carbocycles. The van der Waals surface area contributed by atoms with E-state index in [2.05, 4.69) is 10.2 Å². The Morgan fingerprint density at radius 2 is 1.79 bits per heavy atom. The van der Waals surface area contributed by atoms with Gasteiger partial charge in [-0.25, -0.2) is 0 Å². The fraction of sp³-hybridized carbons (Fsp3) is 0.579. The molecular formula is C19H23N3O2. The lowest BCUT2D eigenvalue weighted by Crippen LogP contribution is -2.65. The first-order valence-corrected chi connectivity index (χ1v) is 9.18. The minimum atomic E-state index is -0.313. The van der Waals surface area contributed by atoms with Gasteiger partial charge in [-0.2, -0.15) is 0 Å². The molecule has 5 heteroatoms. The maximum absolute atomic E-state index is 13.1. The number of nitrogens with zero attached hydrogens (tertiary/aromatic N) is 2. The van der Waals surface area contributed by atoms with Gasteiger partial charge in [0, 0.05) is 43.6 Å². The highest BCUT2D eigenvalue weighted by Gasteiger charge is 2.52. The quantitative estimate of drug-likeness (QED) is 0.909. The van der Waals surface area contributed by atoms with Gasteiger partial charge in [-0.05, 0) is 37.8 Å². The van der Waals surface area contributed by atoms with Crippen LogP contribution in [0.3, 0.4) is 0 Å². The van der Waals surface area contributed by atoms with Gasteiger partial charge in [-0.15, -0.1) is 0 Å². The van der Waals surface area contributed by atoms with E-state index in [1.165, 1.54) is 0 Å². The maximum atomic E-state index is 13.1. The van der Waals surface area contributed by atoms with Gasteiger partial charge < -0.3 is 15.1 Å². The lowest BCUT2D eigenvalue weighted by atomic mass is 9.89. The Hall–Kier alpha value is -2.04. The molecule has 5 rings (SSSR count). The van der Waals surface area contributed by atoms with Crippen LogP contribution in [0, 0.1) is 5.92 Å². The largest absolute Gasteiger partial charge is 0.362 e. The van der Waals surface area contributed by atoms with Crippen molar-refractivity contribution in [2.24, 2.45) is 5.92 Å². The summed E-state index contributed by atoms with van der Waals surface area (Å²) in [5, 5.41) is 3.69.